The molecule has 1 nitrogen and oxygen atoms in total. The zero-order valence-corrected chi connectivity index (χ0v) is 20.6. The van der Waals surface area contributed by atoms with Crippen molar-refractivity contribution in [2.24, 2.45) is 46.3 Å². The molecule has 168 valence electrons. The van der Waals surface area contributed by atoms with Gasteiger partial charge in [-0.1, -0.05) is 53.9 Å². The monoisotopic (exact) mass is 422 g/mol. The first-order valence-corrected chi connectivity index (χ1v) is 13.4. The Morgan fingerprint density at radius 1 is 0.897 bits per heavy atom. The number of aliphatic hydroxyl groups is 1. The lowest BCUT2D eigenvalue weighted by Gasteiger charge is -2.64. The first kappa shape index (κ1) is 22.4. The van der Waals surface area contributed by atoms with Gasteiger partial charge in [0.05, 0.1) is 11.0 Å². The molecule has 0 aromatic carbocycles. The molecule has 0 heterocycles. The molecule has 29 heavy (non-hydrogen) atoms. The van der Waals surface area contributed by atoms with Crippen LogP contribution in [0.5, 0.6) is 0 Å². The molecule has 2 heteroatoms. The Kier molecular flexibility index (Phi) is 6.18. The van der Waals surface area contributed by atoms with Gasteiger partial charge >= 0.3 is 0 Å². The molecule has 0 bridgehead atoms. The van der Waals surface area contributed by atoms with Crippen molar-refractivity contribution in [1.29, 1.82) is 0 Å². The Labute approximate surface area is 185 Å². The molecule has 4 aliphatic rings. The van der Waals surface area contributed by atoms with Crippen LogP contribution in [0.3, 0.4) is 0 Å². The first-order valence-electron chi connectivity index (χ1n) is 13.0. The molecule has 0 aromatic rings. The van der Waals surface area contributed by atoms with Crippen molar-refractivity contribution >= 4 is 11.6 Å². The molecule has 0 aliphatic heterocycles. The van der Waals surface area contributed by atoms with Gasteiger partial charge in [0.1, 0.15) is 0 Å². The summed E-state index contributed by atoms with van der Waals surface area (Å²) in [6, 6.07) is 0. The van der Waals surface area contributed by atoms with Crippen LogP contribution >= 0.6 is 11.6 Å². The van der Waals surface area contributed by atoms with Gasteiger partial charge in [-0.25, -0.2) is 0 Å². The van der Waals surface area contributed by atoms with Gasteiger partial charge in [0, 0.05) is 0 Å². The van der Waals surface area contributed by atoms with Crippen molar-refractivity contribution < 1.29 is 5.11 Å². The highest BCUT2D eigenvalue weighted by Crippen LogP contribution is 2.70. The van der Waals surface area contributed by atoms with Gasteiger partial charge in [-0.2, -0.15) is 0 Å². The van der Waals surface area contributed by atoms with E-state index in [-0.39, 0.29) is 16.4 Å². The topological polar surface area (TPSA) is 20.2 Å². The molecular weight excluding hydrogens is 376 g/mol. The predicted molar refractivity (Wildman–Crippen MR) is 124 cm³/mol. The largest absolute Gasteiger partial charge is 0.393 e. The van der Waals surface area contributed by atoms with Crippen LogP contribution in [-0.2, 0) is 0 Å². The van der Waals surface area contributed by atoms with E-state index in [0.29, 0.717) is 5.41 Å². The summed E-state index contributed by atoms with van der Waals surface area (Å²) in [7, 11) is 0. The van der Waals surface area contributed by atoms with Crippen LogP contribution in [0.15, 0.2) is 0 Å². The highest BCUT2D eigenvalue weighted by molar-refractivity contribution is 6.24. The molecule has 0 radical (unpaired) electrons. The third-order valence-electron chi connectivity index (χ3n) is 10.9. The van der Waals surface area contributed by atoms with E-state index >= 15 is 0 Å². The van der Waals surface area contributed by atoms with Crippen molar-refractivity contribution in [1.82, 2.24) is 0 Å². The molecule has 0 spiro atoms. The lowest BCUT2D eigenvalue weighted by molar-refractivity contribution is -0.118. The van der Waals surface area contributed by atoms with Crippen LogP contribution in [0.4, 0.5) is 0 Å². The summed E-state index contributed by atoms with van der Waals surface area (Å²) in [6.45, 7) is 12.5. The number of aliphatic hydroxyl groups excluding tert-OH is 1. The van der Waals surface area contributed by atoms with Crippen molar-refractivity contribution in [2.45, 2.75) is 123 Å². The maximum absolute atomic E-state index is 10.3. The second-order valence-electron chi connectivity index (χ2n) is 12.7. The fourth-order valence-corrected chi connectivity index (χ4v) is 9.73. The predicted octanol–water partition coefficient (Wildman–Crippen LogP) is 7.83. The number of fused-ring (bicyclic) bond motifs is 5. The van der Waals surface area contributed by atoms with Crippen LogP contribution < -0.4 is 0 Å². The second kappa shape index (κ2) is 7.99. The molecular formula is C27H47ClO. The summed E-state index contributed by atoms with van der Waals surface area (Å²) in [5.41, 5.74) is 0.800. The Bertz CT molecular complexity index is 589. The lowest BCUT2D eigenvalue weighted by Crippen LogP contribution is -2.60. The molecule has 1 N–H and O–H groups in total. The zero-order valence-electron chi connectivity index (χ0n) is 19.9. The van der Waals surface area contributed by atoms with Gasteiger partial charge in [-0.05, 0) is 104 Å². The van der Waals surface area contributed by atoms with Gasteiger partial charge in [-0.15, -0.1) is 11.6 Å². The van der Waals surface area contributed by atoms with Gasteiger partial charge in [0.25, 0.3) is 0 Å². The Hall–Kier alpha value is 0.250. The number of hydrogen-bond donors (Lipinski definition) is 1. The van der Waals surface area contributed by atoms with Gasteiger partial charge in [0.15, 0.2) is 0 Å². The van der Waals surface area contributed by atoms with Gasteiger partial charge in [-0.3, -0.25) is 0 Å². The average Bonchev–Trinajstić information content (AvgIpc) is 2.99. The van der Waals surface area contributed by atoms with E-state index in [9.17, 15) is 5.11 Å². The molecule has 4 aliphatic carbocycles. The average molecular weight is 423 g/mol. The Balaban J connectivity index is 1.49. The summed E-state index contributed by atoms with van der Waals surface area (Å²) in [5, 5.41) is 10.3. The number of hydrogen-bond acceptors (Lipinski definition) is 1. The minimum absolute atomic E-state index is 0.151. The highest BCUT2D eigenvalue weighted by Gasteiger charge is 2.64. The third kappa shape index (κ3) is 3.63. The van der Waals surface area contributed by atoms with E-state index in [1.165, 1.54) is 51.4 Å². The first-order chi connectivity index (χ1) is 13.6. The fraction of sp³-hybridized carbons (Fsp3) is 1.00. The van der Waals surface area contributed by atoms with Gasteiger partial charge in [0.2, 0.25) is 0 Å². The quantitative estimate of drug-likeness (QED) is 0.447. The van der Waals surface area contributed by atoms with Crippen LogP contribution in [-0.4, -0.2) is 16.1 Å². The van der Waals surface area contributed by atoms with Crippen molar-refractivity contribution in [2.75, 3.05) is 0 Å². The maximum Gasteiger partial charge on any atom is 0.0557 e. The molecule has 4 saturated carbocycles. The summed E-state index contributed by atoms with van der Waals surface area (Å²) in [6.07, 6.45) is 15.2. The van der Waals surface area contributed by atoms with Crippen molar-refractivity contribution in [3.8, 4) is 0 Å². The Morgan fingerprint density at radius 2 is 1.66 bits per heavy atom. The lowest BCUT2D eigenvalue weighted by atomic mass is 9.44. The SMILES string of the molecule is CC(C)CCCC(C)C1CCC2C3CCC4(Cl)CC(O)CCC4(C)C3CCC12C. The molecule has 0 aromatic heterocycles. The van der Waals surface area contributed by atoms with E-state index in [0.717, 1.165) is 61.2 Å². The fourth-order valence-electron chi connectivity index (χ4n) is 9.21. The van der Waals surface area contributed by atoms with Crippen LogP contribution in [0.25, 0.3) is 0 Å². The summed E-state index contributed by atoms with van der Waals surface area (Å²) in [5.74, 6) is 5.25. The van der Waals surface area contributed by atoms with E-state index in [1.54, 1.807) is 0 Å². The summed E-state index contributed by atoms with van der Waals surface area (Å²) in [4.78, 5) is -0.151. The van der Waals surface area contributed by atoms with E-state index < -0.39 is 0 Å². The molecule has 9 atom stereocenters. The number of halogens is 1. The maximum atomic E-state index is 10.3. The standard InChI is InChI=1S/C27H47ClO/c1-18(2)7-6-8-19(3)22-9-10-23-21-12-16-27(28)17-20(29)11-15-26(27,5)24(21)13-14-25(22,23)4/h18-24,29H,6-17H2,1-5H3. The third-order valence-corrected chi connectivity index (χ3v) is 11.7. The summed E-state index contributed by atoms with van der Waals surface area (Å²) < 4.78 is 0. The van der Waals surface area contributed by atoms with E-state index in [2.05, 4.69) is 34.6 Å². The summed E-state index contributed by atoms with van der Waals surface area (Å²) >= 11 is 7.31. The Morgan fingerprint density at radius 3 is 2.38 bits per heavy atom. The minimum Gasteiger partial charge on any atom is -0.393 e. The van der Waals surface area contributed by atoms with Crippen molar-refractivity contribution in [3.05, 3.63) is 0 Å². The normalized spacial score (nSPS) is 50.7. The molecule has 0 saturated heterocycles. The number of alkyl halides is 1. The van der Waals surface area contributed by atoms with E-state index in [1.807, 2.05) is 0 Å². The van der Waals surface area contributed by atoms with Gasteiger partial charge < -0.3 is 5.11 Å². The van der Waals surface area contributed by atoms with Crippen LogP contribution in [0, 0.1) is 46.3 Å². The molecule has 0 amide bonds. The highest BCUT2D eigenvalue weighted by atomic mass is 35.5. The number of rotatable bonds is 5. The van der Waals surface area contributed by atoms with E-state index in [4.69, 9.17) is 11.6 Å². The second-order valence-corrected chi connectivity index (χ2v) is 13.4. The minimum atomic E-state index is -0.173. The zero-order chi connectivity index (χ0) is 21.0. The smallest absolute Gasteiger partial charge is 0.0557 e. The van der Waals surface area contributed by atoms with Crippen molar-refractivity contribution in [3.63, 3.8) is 0 Å². The van der Waals surface area contributed by atoms with Crippen LogP contribution in [0.1, 0.15) is 112 Å². The molecule has 4 rings (SSSR count). The molecule has 4 fully saturated rings. The van der Waals surface area contributed by atoms with Crippen LogP contribution in [0.2, 0.25) is 0 Å². The molecule has 9 unspecified atom stereocenters.